The van der Waals surface area contributed by atoms with Gasteiger partial charge in [-0.25, -0.2) is 8.42 Å². The monoisotopic (exact) mass is 334 g/mol. The molecule has 2 fully saturated rings. The van der Waals surface area contributed by atoms with E-state index in [0.29, 0.717) is 26.1 Å². The van der Waals surface area contributed by atoms with Crippen molar-refractivity contribution in [3.05, 3.63) is 29.8 Å². The Kier molecular flexibility index (Phi) is 3.59. The number of amides is 1. The molecule has 3 aliphatic rings. The molecule has 2 heterocycles. The minimum atomic E-state index is -3.41. The Labute approximate surface area is 137 Å². The van der Waals surface area contributed by atoms with E-state index in [1.807, 2.05) is 24.3 Å². The van der Waals surface area contributed by atoms with Crippen LogP contribution in [0.5, 0.6) is 0 Å². The van der Waals surface area contributed by atoms with Crippen LogP contribution in [0.25, 0.3) is 0 Å². The number of nitrogens with zero attached hydrogens (tertiary/aromatic N) is 2. The number of carbonyl (C=O) groups excluding carboxylic acids is 1. The SMILES string of the molecule is O=C(C1CC1)N1CCC[C@@H](S(=O)(=O)N2CCc3ccccc32)C1. The van der Waals surface area contributed by atoms with E-state index < -0.39 is 15.3 Å². The lowest BCUT2D eigenvalue weighted by atomic mass is 10.1. The van der Waals surface area contributed by atoms with Gasteiger partial charge in [0.05, 0.1) is 10.9 Å². The molecule has 1 atom stereocenters. The van der Waals surface area contributed by atoms with Crippen molar-refractivity contribution in [1.29, 1.82) is 0 Å². The molecule has 1 amide bonds. The number of para-hydroxylation sites is 1. The topological polar surface area (TPSA) is 57.7 Å². The van der Waals surface area contributed by atoms with Crippen molar-refractivity contribution in [2.75, 3.05) is 23.9 Å². The van der Waals surface area contributed by atoms with Gasteiger partial charge >= 0.3 is 0 Å². The fraction of sp³-hybridized carbons (Fsp3) is 0.588. The Hall–Kier alpha value is -1.56. The lowest BCUT2D eigenvalue weighted by Crippen LogP contribution is -2.49. The lowest BCUT2D eigenvalue weighted by Gasteiger charge is -2.35. The van der Waals surface area contributed by atoms with Gasteiger partial charge < -0.3 is 4.90 Å². The highest BCUT2D eigenvalue weighted by Gasteiger charge is 2.41. The van der Waals surface area contributed by atoms with E-state index in [0.717, 1.165) is 36.9 Å². The highest BCUT2D eigenvalue weighted by atomic mass is 32.2. The lowest BCUT2D eigenvalue weighted by molar-refractivity contribution is -0.133. The molecule has 6 heteroatoms. The summed E-state index contributed by atoms with van der Waals surface area (Å²) in [4.78, 5) is 14.1. The summed E-state index contributed by atoms with van der Waals surface area (Å²) >= 11 is 0. The molecule has 2 aliphatic heterocycles. The van der Waals surface area contributed by atoms with E-state index >= 15 is 0 Å². The number of carbonyl (C=O) groups is 1. The standard InChI is InChI=1S/C17H22N2O3S/c20-17(14-7-8-14)18-10-3-5-15(12-18)23(21,22)19-11-9-13-4-1-2-6-16(13)19/h1-2,4,6,14-15H,3,5,7-12H2/t15-/m1/s1. The predicted octanol–water partition coefficient (Wildman–Crippen LogP) is 1.78. The molecule has 23 heavy (non-hydrogen) atoms. The predicted molar refractivity (Wildman–Crippen MR) is 88.7 cm³/mol. The van der Waals surface area contributed by atoms with Gasteiger partial charge in [0.25, 0.3) is 0 Å². The average Bonchev–Trinajstić information content (AvgIpc) is 3.32. The summed E-state index contributed by atoms with van der Waals surface area (Å²) in [6.45, 7) is 1.59. The van der Waals surface area contributed by atoms with Crippen molar-refractivity contribution in [1.82, 2.24) is 4.90 Å². The zero-order valence-corrected chi connectivity index (χ0v) is 14.0. The van der Waals surface area contributed by atoms with Gasteiger partial charge in [-0.3, -0.25) is 9.10 Å². The first-order valence-corrected chi connectivity index (χ1v) is 9.96. The normalized spacial score (nSPS) is 24.6. The third-order valence-corrected chi connectivity index (χ3v) is 7.41. The molecule has 0 radical (unpaired) electrons. The highest BCUT2D eigenvalue weighted by molar-refractivity contribution is 7.93. The first-order valence-electron chi connectivity index (χ1n) is 8.45. The molecule has 4 rings (SSSR count). The van der Waals surface area contributed by atoms with Crippen molar-refractivity contribution in [3.63, 3.8) is 0 Å². The Morgan fingerprint density at radius 1 is 1.09 bits per heavy atom. The first-order chi connectivity index (χ1) is 11.1. The molecule has 1 saturated heterocycles. The van der Waals surface area contributed by atoms with Crippen LogP contribution >= 0.6 is 0 Å². The quantitative estimate of drug-likeness (QED) is 0.847. The molecular weight excluding hydrogens is 312 g/mol. The molecule has 124 valence electrons. The maximum Gasteiger partial charge on any atom is 0.239 e. The smallest absolute Gasteiger partial charge is 0.239 e. The summed E-state index contributed by atoms with van der Waals surface area (Å²) in [5.74, 6) is 0.315. The van der Waals surface area contributed by atoms with E-state index in [1.54, 1.807) is 9.21 Å². The largest absolute Gasteiger partial charge is 0.341 e. The van der Waals surface area contributed by atoms with Crippen molar-refractivity contribution >= 4 is 21.6 Å². The number of hydrogen-bond donors (Lipinski definition) is 0. The second-order valence-electron chi connectivity index (χ2n) is 6.82. The zero-order valence-electron chi connectivity index (χ0n) is 13.1. The first kappa shape index (κ1) is 15.0. The van der Waals surface area contributed by atoms with Gasteiger partial charge in [0, 0.05) is 25.6 Å². The van der Waals surface area contributed by atoms with Crippen LogP contribution in [0.1, 0.15) is 31.2 Å². The summed E-state index contributed by atoms with van der Waals surface area (Å²) < 4.78 is 27.8. The van der Waals surface area contributed by atoms with Gasteiger partial charge in [0.2, 0.25) is 15.9 Å². The minimum Gasteiger partial charge on any atom is -0.341 e. The second-order valence-corrected chi connectivity index (χ2v) is 8.96. The molecule has 1 saturated carbocycles. The number of sulfonamides is 1. The Bertz CT molecular complexity index is 727. The summed E-state index contributed by atoms with van der Waals surface area (Å²) in [5, 5.41) is -0.467. The van der Waals surface area contributed by atoms with Crippen LogP contribution in [0.3, 0.4) is 0 Å². The van der Waals surface area contributed by atoms with E-state index in [4.69, 9.17) is 0 Å². The number of rotatable bonds is 3. The van der Waals surface area contributed by atoms with Crippen LogP contribution < -0.4 is 4.31 Å². The summed E-state index contributed by atoms with van der Waals surface area (Å²) in [6.07, 6.45) is 4.12. The molecule has 0 spiro atoms. The minimum absolute atomic E-state index is 0.156. The number of benzene rings is 1. The molecule has 1 aromatic carbocycles. The van der Waals surface area contributed by atoms with E-state index in [1.165, 1.54) is 0 Å². The molecular formula is C17H22N2O3S. The van der Waals surface area contributed by atoms with Gasteiger partial charge in [-0.1, -0.05) is 18.2 Å². The number of piperidine rings is 1. The molecule has 1 aliphatic carbocycles. The van der Waals surface area contributed by atoms with Gasteiger partial charge in [-0.05, 0) is 43.7 Å². The van der Waals surface area contributed by atoms with E-state index in [2.05, 4.69) is 0 Å². The molecule has 0 bridgehead atoms. The number of hydrogen-bond acceptors (Lipinski definition) is 3. The Morgan fingerprint density at radius 2 is 1.87 bits per heavy atom. The molecule has 5 nitrogen and oxygen atoms in total. The highest BCUT2D eigenvalue weighted by Crippen LogP contribution is 2.35. The second kappa shape index (κ2) is 5.51. The third-order valence-electron chi connectivity index (χ3n) is 5.19. The zero-order chi connectivity index (χ0) is 16.0. The fourth-order valence-electron chi connectivity index (χ4n) is 3.72. The van der Waals surface area contributed by atoms with Crippen LogP contribution in [0.15, 0.2) is 24.3 Å². The maximum absolute atomic E-state index is 13.1. The molecule has 0 unspecified atom stereocenters. The van der Waals surface area contributed by atoms with Gasteiger partial charge in [0.1, 0.15) is 0 Å². The molecule has 0 N–H and O–H groups in total. The fourth-order valence-corrected chi connectivity index (χ4v) is 5.71. The summed E-state index contributed by atoms with van der Waals surface area (Å²) in [5.41, 5.74) is 1.91. The maximum atomic E-state index is 13.1. The summed E-state index contributed by atoms with van der Waals surface area (Å²) in [6, 6.07) is 7.71. The van der Waals surface area contributed by atoms with Crippen LogP contribution in [-0.2, 0) is 21.2 Å². The molecule has 0 aromatic heterocycles. The van der Waals surface area contributed by atoms with Crippen LogP contribution in [0.4, 0.5) is 5.69 Å². The number of fused-ring (bicyclic) bond motifs is 1. The van der Waals surface area contributed by atoms with Crippen LogP contribution in [0, 0.1) is 5.92 Å². The van der Waals surface area contributed by atoms with Crippen molar-refractivity contribution in [2.24, 2.45) is 5.92 Å². The van der Waals surface area contributed by atoms with Gasteiger partial charge in [-0.15, -0.1) is 0 Å². The van der Waals surface area contributed by atoms with Crippen molar-refractivity contribution in [2.45, 2.75) is 37.4 Å². The molecule has 1 aromatic rings. The Balaban J connectivity index is 1.55. The van der Waals surface area contributed by atoms with Gasteiger partial charge in [-0.2, -0.15) is 0 Å². The van der Waals surface area contributed by atoms with E-state index in [-0.39, 0.29) is 11.8 Å². The van der Waals surface area contributed by atoms with Crippen molar-refractivity contribution in [3.8, 4) is 0 Å². The number of likely N-dealkylation sites (tertiary alicyclic amines) is 1. The third kappa shape index (κ3) is 2.63. The van der Waals surface area contributed by atoms with Gasteiger partial charge in [0.15, 0.2) is 0 Å². The average molecular weight is 334 g/mol. The Morgan fingerprint density at radius 3 is 2.65 bits per heavy atom. The number of anilines is 1. The van der Waals surface area contributed by atoms with E-state index in [9.17, 15) is 13.2 Å². The van der Waals surface area contributed by atoms with Crippen LogP contribution in [0.2, 0.25) is 0 Å². The van der Waals surface area contributed by atoms with Crippen LogP contribution in [-0.4, -0.2) is 44.1 Å². The van der Waals surface area contributed by atoms with Crippen molar-refractivity contribution < 1.29 is 13.2 Å². The summed E-state index contributed by atoms with van der Waals surface area (Å²) in [7, 11) is -3.41.